The first-order valence-corrected chi connectivity index (χ1v) is 7.64. The highest BCUT2D eigenvalue weighted by Gasteiger charge is 2.10. The Hall–Kier alpha value is -2.99. The van der Waals surface area contributed by atoms with Crippen LogP contribution < -0.4 is 17.0 Å². The monoisotopic (exact) mass is 321 g/mol. The standard InChI is InChI=1S/C11H13N5O.C7H6/c1-7-5-3-4-6-8(7)9-13-10(15-12)14-11(17)16(9)2;1-2-7-4-3-6(1)5-7/h3-6H,12H2,1-2H3,(H,14,15,17);1-4H,5H2. The number of allylic oxidation sites excluding steroid dienone is 6. The fourth-order valence-electron chi connectivity index (χ4n) is 2.60. The summed E-state index contributed by atoms with van der Waals surface area (Å²) in [4.78, 5) is 19.5. The summed E-state index contributed by atoms with van der Waals surface area (Å²) in [5.41, 5.74) is 6.74. The van der Waals surface area contributed by atoms with Gasteiger partial charge in [0.1, 0.15) is 5.82 Å². The van der Waals surface area contributed by atoms with Gasteiger partial charge in [-0.1, -0.05) is 48.6 Å². The van der Waals surface area contributed by atoms with E-state index in [4.69, 9.17) is 5.84 Å². The quantitative estimate of drug-likeness (QED) is 0.654. The number of aryl methyl sites for hydroxylation is 1. The summed E-state index contributed by atoms with van der Waals surface area (Å²) < 4.78 is 1.39. The van der Waals surface area contributed by atoms with Crippen LogP contribution in [0.3, 0.4) is 0 Å². The van der Waals surface area contributed by atoms with Gasteiger partial charge < -0.3 is 0 Å². The van der Waals surface area contributed by atoms with Gasteiger partial charge in [-0.05, 0) is 30.1 Å². The fraction of sp³-hybridized carbons (Fsp3) is 0.167. The van der Waals surface area contributed by atoms with Crippen molar-refractivity contribution in [2.24, 2.45) is 12.9 Å². The van der Waals surface area contributed by atoms with Crippen molar-refractivity contribution < 1.29 is 0 Å². The summed E-state index contributed by atoms with van der Waals surface area (Å²) in [5, 5.41) is 0. The van der Waals surface area contributed by atoms with Gasteiger partial charge in [-0.3, -0.25) is 9.99 Å². The Balaban J connectivity index is 0.000000198. The van der Waals surface area contributed by atoms with E-state index < -0.39 is 5.69 Å². The van der Waals surface area contributed by atoms with E-state index in [1.165, 1.54) is 22.1 Å². The zero-order valence-corrected chi connectivity index (χ0v) is 13.7. The summed E-state index contributed by atoms with van der Waals surface area (Å²) in [6, 6.07) is 7.68. The molecule has 0 atom stereocenters. The molecule has 2 aliphatic carbocycles. The van der Waals surface area contributed by atoms with Gasteiger partial charge in [-0.2, -0.15) is 9.97 Å². The Kier molecular flexibility index (Phi) is 4.39. The van der Waals surface area contributed by atoms with E-state index in [-0.39, 0.29) is 5.95 Å². The Morgan fingerprint density at radius 3 is 2.29 bits per heavy atom. The van der Waals surface area contributed by atoms with Gasteiger partial charge in [0.2, 0.25) is 5.95 Å². The number of benzene rings is 1. The van der Waals surface area contributed by atoms with Gasteiger partial charge in [-0.25, -0.2) is 10.6 Å². The van der Waals surface area contributed by atoms with Crippen molar-refractivity contribution >= 4 is 5.95 Å². The number of nitrogens with zero attached hydrogens (tertiary/aromatic N) is 3. The van der Waals surface area contributed by atoms with Crippen LogP contribution in [-0.2, 0) is 7.05 Å². The second-order valence-corrected chi connectivity index (χ2v) is 5.66. The van der Waals surface area contributed by atoms with Crippen molar-refractivity contribution in [3.8, 4) is 11.4 Å². The topological polar surface area (TPSA) is 85.8 Å². The van der Waals surface area contributed by atoms with E-state index in [0.29, 0.717) is 5.82 Å². The highest BCUT2D eigenvalue weighted by atomic mass is 16.1. The molecule has 0 spiro atoms. The fourth-order valence-corrected chi connectivity index (χ4v) is 2.60. The molecule has 2 aliphatic rings. The van der Waals surface area contributed by atoms with E-state index >= 15 is 0 Å². The molecule has 0 amide bonds. The van der Waals surface area contributed by atoms with Crippen LogP contribution in [0.15, 0.2) is 64.5 Å². The molecule has 6 nitrogen and oxygen atoms in total. The number of nitrogens with two attached hydrogens (primary N) is 1. The van der Waals surface area contributed by atoms with Crippen LogP contribution in [0.5, 0.6) is 0 Å². The number of nitrogen functional groups attached to an aromatic ring is 1. The summed E-state index contributed by atoms with van der Waals surface area (Å²) >= 11 is 0. The van der Waals surface area contributed by atoms with E-state index in [1.54, 1.807) is 7.05 Å². The largest absolute Gasteiger partial charge is 0.352 e. The van der Waals surface area contributed by atoms with Gasteiger partial charge in [0.05, 0.1) is 0 Å². The van der Waals surface area contributed by atoms with Crippen LogP contribution in [0.25, 0.3) is 11.4 Å². The van der Waals surface area contributed by atoms with Gasteiger partial charge in [-0.15, -0.1) is 0 Å². The maximum absolute atomic E-state index is 11.6. The number of rotatable bonds is 2. The Labute approximate surface area is 140 Å². The third kappa shape index (κ3) is 3.18. The number of nitrogens with one attached hydrogen (secondary N) is 1. The summed E-state index contributed by atoms with van der Waals surface area (Å²) in [6.07, 6.45) is 9.90. The second-order valence-electron chi connectivity index (χ2n) is 5.66. The molecule has 4 rings (SSSR count). The maximum Gasteiger partial charge on any atom is 0.352 e. The Morgan fingerprint density at radius 1 is 1.12 bits per heavy atom. The molecule has 6 heteroatoms. The molecule has 122 valence electrons. The zero-order valence-electron chi connectivity index (χ0n) is 13.7. The number of hydrogen-bond acceptors (Lipinski definition) is 5. The molecule has 1 aromatic carbocycles. The zero-order chi connectivity index (χ0) is 17.1. The van der Waals surface area contributed by atoms with Gasteiger partial charge in [0.15, 0.2) is 0 Å². The average Bonchev–Trinajstić information content (AvgIpc) is 3.24. The number of anilines is 1. The van der Waals surface area contributed by atoms with Crippen molar-refractivity contribution in [2.45, 2.75) is 13.3 Å². The molecule has 0 saturated heterocycles. The third-order valence-electron chi connectivity index (χ3n) is 3.96. The smallest absolute Gasteiger partial charge is 0.292 e. The van der Waals surface area contributed by atoms with Crippen molar-refractivity contribution in [1.29, 1.82) is 0 Å². The van der Waals surface area contributed by atoms with Gasteiger partial charge >= 0.3 is 5.69 Å². The maximum atomic E-state index is 11.6. The number of aromatic nitrogens is 3. The summed E-state index contributed by atoms with van der Waals surface area (Å²) in [7, 11) is 1.63. The number of hydrazine groups is 1. The van der Waals surface area contributed by atoms with Crippen LogP contribution in [0.1, 0.15) is 12.0 Å². The van der Waals surface area contributed by atoms with E-state index in [9.17, 15) is 4.79 Å². The molecule has 2 bridgehead atoms. The lowest BCUT2D eigenvalue weighted by Gasteiger charge is -2.10. The molecule has 1 aromatic heterocycles. The summed E-state index contributed by atoms with van der Waals surface area (Å²) in [6.45, 7) is 1.96. The average molecular weight is 321 g/mol. The first kappa shape index (κ1) is 15.9. The predicted octanol–water partition coefficient (Wildman–Crippen LogP) is 2.25. The molecular formula is C18H19N5O. The molecular weight excluding hydrogens is 302 g/mol. The molecule has 0 saturated carbocycles. The van der Waals surface area contributed by atoms with Crippen molar-refractivity contribution in [3.05, 3.63) is 75.8 Å². The first-order chi connectivity index (χ1) is 11.6. The van der Waals surface area contributed by atoms with Gasteiger partial charge in [0.25, 0.3) is 0 Å². The molecule has 1 heterocycles. The minimum absolute atomic E-state index is 0.117. The van der Waals surface area contributed by atoms with Gasteiger partial charge in [0, 0.05) is 12.6 Å². The lowest BCUT2D eigenvalue weighted by Crippen LogP contribution is -2.26. The third-order valence-corrected chi connectivity index (χ3v) is 3.96. The molecule has 0 radical (unpaired) electrons. The van der Waals surface area contributed by atoms with E-state index in [0.717, 1.165) is 11.1 Å². The predicted molar refractivity (Wildman–Crippen MR) is 95.2 cm³/mol. The normalized spacial score (nSPS) is 14.0. The van der Waals surface area contributed by atoms with Crippen LogP contribution >= 0.6 is 0 Å². The highest BCUT2D eigenvalue weighted by Crippen LogP contribution is 2.27. The van der Waals surface area contributed by atoms with E-state index in [1.807, 2.05) is 31.2 Å². The minimum Gasteiger partial charge on any atom is -0.292 e. The van der Waals surface area contributed by atoms with Crippen LogP contribution in [0.2, 0.25) is 0 Å². The highest BCUT2D eigenvalue weighted by molar-refractivity contribution is 5.60. The second kappa shape index (κ2) is 6.64. The molecule has 0 fully saturated rings. The number of hydrogen-bond donors (Lipinski definition) is 2. The lowest BCUT2D eigenvalue weighted by molar-refractivity contribution is 0.784. The van der Waals surface area contributed by atoms with Crippen LogP contribution in [-0.4, -0.2) is 14.5 Å². The molecule has 0 unspecified atom stereocenters. The molecule has 3 N–H and O–H groups in total. The Morgan fingerprint density at radius 2 is 1.79 bits per heavy atom. The lowest BCUT2D eigenvalue weighted by atomic mass is 10.1. The SMILES string of the molecule is C1=CC2=CC=C1C2.Cc1ccccc1-c1nc(NN)nc(=O)n1C. The first-order valence-electron chi connectivity index (χ1n) is 7.64. The Bertz CT molecular complexity index is 901. The number of fused-ring (bicyclic) bond motifs is 2. The molecule has 24 heavy (non-hydrogen) atoms. The van der Waals surface area contributed by atoms with Crippen molar-refractivity contribution in [3.63, 3.8) is 0 Å². The molecule has 0 aliphatic heterocycles. The van der Waals surface area contributed by atoms with Crippen LogP contribution in [0, 0.1) is 6.92 Å². The van der Waals surface area contributed by atoms with Crippen LogP contribution in [0.4, 0.5) is 5.95 Å². The van der Waals surface area contributed by atoms with Crippen molar-refractivity contribution in [1.82, 2.24) is 14.5 Å². The van der Waals surface area contributed by atoms with E-state index in [2.05, 4.69) is 39.7 Å². The summed E-state index contributed by atoms with van der Waals surface area (Å²) in [5.74, 6) is 5.89. The van der Waals surface area contributed by atoms with Crippen molar-refractivity contribution in [2.75, 3.05) is 5.43 Å². The molecule has 2 aromatic rings. The minimum atomic E-state index is -0.397.